The smallest absolute Gasteiger partial charge is 0.211 e. The van der Waals surface area contributed by atoms with E-state index in [0.29, 0.717) is 0 Å². The third-order valence-electron chi connectivity index (χ3n) is 3.02. The molecule has 7 nitrogen and oxygen atoms in total. The number of rotatable bonds is 3. The van der Waals surface area contributed by atoms with Crippen LogP contribution in [-0.2, 0) is 0 Å². The molecule has 0 radical (unpaired) electrons. The normalized spacial score (nSPS) is 11.2. The predicted octanol–water partition coefficient (Wildman–Crippen LogP) is -2.22. The van der Waals surface area contributed by atoms with Gasteiger partial charge in [0.15, 0.2) is 0 Å². The Kier molecular flexibility index (Phi) is 7.27. The molecule has 0 bridgehead atoms. The van der Waals surface area contributed by atoms with E-state index in [1.807, 2.05) is 31.2 Å². The molecule has 2 rings (SSSR count). The number of nitrogens with zero attached hydrogens (tertiary/aromatic N) is 3. The average molecular weight is 354 g/mol. The second-order valence-corrected chi connectivity index (χ2v) is 6.05. The number of hydrogen-bond donors (Lipinski definition) is 0. The van der Waals surface area contributed by atoms with Crippen LogP contribution in [0.25, 0.3) is 0 Å². The van der Waals surface area contributed by atoms with Gasteiger partial charge in [0.05, 0.1) is 0 Å². The third-order valence-corrected chi connectivity index (χ3v) is 3.02. The van der Waals surface area contributed by atoms with Gasteiger partial charge in [-0.2, -0.15) is 0 Å². The van der Waals surface area contributed by atoms with Crippen molar-refractivity contribution < 1.29 is 33.6 Å². The fraction of sp³-hybridized carbons (Fsp3) is 0.250. The molecule has 130 valence electrons. The van der Waals surface area contributed by atoms with Crippen LogP contribution in [0, 0.1) is 24.1 Å². The maximum Gasteiger partial charge on any atom is 0.211 e. The first-order valence-electron chi connectivity index (χ1n) is 6.98. The lowest BCUT2D eigenvalue weighted by molar-refractivity contribution is -2.00. The number of hydrogen-bond acceptors (Lipinski definition) is 6. The topological polar surface area (TPSA) is 112 Å². The molecule has 0 saturated carbocycles. The van der Waals surface area contributed by atoms with Gasteiger partial charge in [0.25, 0.3) is 0 Å². The van der Waals surface area contributed by atoms with Crippen LogP contribution in [0.3, 0.4) is 0 Å². The Morgan fingerprint density at radius 1 is 1.00 bits per heavy atom. The van der Waals surface area contributed by atoms with Crippen LogP contribution in [0.2, 0.25) is 0 Å². The SMILES string of the molecule is Cc1cc[n+](/N=C/c2ccc(N(C)C)cc2)c(C)c1.[O-][Cl+3]([O-])([O-])[O-]. The summed E-state index contributed by atoms with van der Waals surface area (Å²) < 4.78 is 35.9. The van der Waals surface area contributed by atoms with Crippen molar-refractivity contribution >= 4 is 11.9 Å². The molecular weight excluding hydrogens is 334 g/mol. The zero-order valence-corrected chi connectivity index (χ0v) is 14.7. The molecule has 0 unspecified atom stereocenters. The Morgan fingerprint density at radius 3 is 2.00 bits per heavy atom. The van der Waals surface area contributed by atoms with Crippen molar-refractivity contribution in [1.29, 1.82) is 0 Å². The minimum atomic E-state index is -4.94. The maximum atomic E-state index is 8.49. The van der Waals surface area contributed by atoms with Crippen molar-refractivity contribution in [1.82, 2.24) is 0 Å². The largest absolute Gasteiger partial charge is 0.378 e. The van der Waals surface area contributed by atoms with Crippen molar-refractivity contribution in [3.8, 4) is 0 Å². The van der Waals surface area contributed by atoms with Gasteiger partial charge in [-0.3, -0.25) is 0 Å². The van der Waals surface area contributed by atoms with E-state index in [2.05, 4.69) is 60.2 Å². The molecule has 0 saturated heterocycles. The number of halogens is 1. The number of benzene rings is 1. The quantitative estimate of drug-likeness (QED) is 0.458. The molecule has 1 aromatic heterocycles. The second-order valence-electron chi connectivity index (χ2n) is 5.30. The zero-order valence-electron chi connectivity index (χ0n) is 14.0. The monoisotopic (exact) mass is 353 g/mol. The minimum Gasteiger partial charge on any atom is -0.378 e. The second kappa shape index (κ2) is 8.72. The molecule has 0 aliphatic heterocycles. The van der Waals surface area contributed by atoms with Gasteiger partial charge in [0.1, 0.15) is 6.21 Å². The van der Waals surface area contributed by atoms with Crippen LogP contribution in [0.1, 0.15) is 16.8 Å². The van der Waals surface area contributed by atoms with Gasteiger partial charge < -0.3 is 4.90 Å². The van der Waals surface area contributed by atoms with Crippen LogP contribution in [0.5, 0.6) is 0 Å². The highest BCUT2D eigenvalue weighted by Gasteiger charge is 2.03. The van der Waals surface area contributed by atoms with E-state index in [0.717, 1.165) is 11.3 Å². The van der Waals surface area contributed by atoms with Gasteiger partial charge in [-0.25, -0.2) is 18.6 Å². The molecule has 8 heteroatoms. The molecule has 0 aliphatic rings. The molecule has 0 aliphatic carbocycles. The fourth-order valence-corrected chi connectivity index (χ4v) is 1.87. The summed E-state index contributed by atoms with van der Waals surface area (Å²) in [5.74, 6) is 0. The average Bonchev–Trinajstić information content (AvgIpc) is 2.45. The Hall–Kier alpha value is -2.03. The Bertz CT molecular complexity index is 677. The first kappa shape index (κ1) is 20.0. The van der Waals surface area contributed by atoms with E-state index in [9.17, 15) is 0 Å². The van der Waals surface area contributed by atoms with Crippen LogP contribution in [0.15, 0.2) is 47.7 Å². The van der Waals surface area contributed by atoms with E-state index < -0.39 is 10.2 Å². The molecule has 0 spiro atoms. The van der Waals surface area contributed by atoms with Crippen molar-refractivity contribution in [3.63, 3.8) is 0 Å². The molecule has 0 N–H and O–H groups in total. The molecule has 0 fully saturated rings. The van der Waals surface area contributed by atoms with E-state index in [4.69, 9.17) is 18.6 Å². The summed E-state index contributed by atoms with van der Waals surface area (Å²) in [6.07, 6.45) is 3.86. The van der Waals surface area contributed by atoms with Gasteiger partial charge in [0, 0.05) is 38.8 Å². The van der Waals surface area contributed by atoms with Gasteiger partial charge in [0.2, 0.25) is 11.9 Å². The van der Waals surface area contributed by atoms with Crippen LogP contribution in [0.4, 0.5) is 5.69 Å². The van der Waals surface area contributed by atoms with E-state index in [1.165, 1.54) is 11.3 Å². The fourth-order valence-electron chi connectivity index (χ4n) is 1.87. The van der Waals surface area contributed by atoms with Crippen LogP contribution >= 0.6 is 0 Å². The Morgan fingerprint density at radius 2 is 1.54 bits per heavy atom. The summed E-state index contributed by atoms with van der Waals surface area (Å²) in [6.45, 7) is 4.14. The number of anilines is 1. The molecule has 2 aromatic rings. The minimum absolute atomic E-state index is 1.10. The van der Waals surface area contributed by atoms with Crippen LogP contribution < -0.4 is 28.2 Å². The molecule has 0 amide bonds. The number of pyridine rings is 1. The number of aryl methyl sites for hydroxylation is 2. The van der Waals surface area contributed by atoms with Gasteiger partial charge in [-0.05, 0) is 35.3 Å². The summed E-state index contributed by atoms with van der Waals surface area (Å²) in [7, 11) is -0.872. The summed E-state index contributed by atoms with van der Waals surface area (Å²) in [5, 5.41) is 4.47. The maximum absolute atomic E-state index is 8.49. The lowest BCUT2D eigenvalue weighted by atomic mass is 10.2. The van der Waals surface area contributed by atoms with E-state index >= 15 is 0 Å². The zero-order chi connectivity index (χ0) is 18.3. The van der Waals surface area contributed by atoms with Gasteiger partial charge >= 0.3 is 0 Å². The van der Waals surface area contributed by atoms with Crippen molar-refractivity contribution in [3.05, 3.63) is 59.4 Å². The third kappa shape index (κ3) is 8.00. The van der Waals surface area contributed by atoms with Crippen LogP contribution in [-0.4, -0.2) is 20.3 Å². The van der Waals surface area contributed by atoms with Crippen molar-refractivity contribution in [2.24, 2.45) is 5.10 Å². The van der Waals surface area contributed by atoms with E-state index in [-0.39, 0.29) is 0 Å². The summed E-state index contributed by atoms with van der Waals surface area (Å²) >= 11 is 0. The van der Waals surface area contributed by atoms with Gasteiger partial charge in [-0.15, -0.1) is 10.2 Å². The Balaban J connectivity index is 0.000000505. The van der Waals surface area contributed by atoms with Crippen molar-refractivity contribution in [2.75, 3.05) is 19.0 Å². The standard InChI is InChI=1S/C16H20N3.ClHO4/c1-13-9-10-19(14(2)11-13)17-12-15-5-7-16(8-6-15)18(3)4;2-1(3,4)5/h5-12H,1-4H3;(H,2,3,4,5)/q+1;/p-1/b17-12+;. The van der Waals surface area contributed by atoms with Crippen molar-refractivity contribution in [2.45, 2.75) is 13.8 Å². The summed E-state index contributed by atoms with van der Waals surface area (Å²) in [5.41, 5.74) is 4.66. The molecule has 1 aromatic carbocycles. The Labute approximate surface area is 143 Å². The molecule has 24 heavy (non-hydrogen) atoms. The molecule has 0 atom stereocenters. The summed E-state index contributed by atoms with van der Waals surface area (Å²) in [6, 6.07) is 12.5. The first-order chi connectivity index (χ1) is 11.1. The first-order valence-corrected chi connectivity index (χ1v) is 8.22. The predicted molar refractivity (Wildman–Crippen MR) is 79.9 cm³/mol. The number of aromatic nitrogens is 1. The molecule has 1 heterocycles. The lowest BCUT2D eigenvalue weighted by Gasteiger charge is -2.17. The molecular formula is C16H20ClN3O4. The van der Waals surface area contributed by atoms with Gasteiger partial charge in [-0.1, -0.05) is 16.8 Å². The highest BCUT2D eigenvalue weighted by Crippen LogP contribution is 2.10. The summed E-state index contributed by atoms with van der Waals surface area (Å²) in [4.78, 5) is 2.08. The lowest BCUT2D eigenvalue weighted by Crippen LogP contribution is -2.68. The highest BCUT2D eigenvalue weighted by molar-refractivity contribution is 5.79. The van der Waals surface area contributed by atoms with E-state index in [1.54, 1.807) is 0 Å². The highest BCUT2D eigenvalue weighted by atomic mass is 35.7.